The first-order valence-electron chi connectivity index (χ1n) is 7.89. The van der Waals surface area contributed by atoms with Crippen molar-refractivity contribution in [1.29, 1.82) is 0 Å². The zero-order chi connectivity index (χ0) is 15.2. The zero-order valence-corrected chi connectivity index (χ0v) is 13.2. The number of hydrogen-bond donors (Lipinski definition) is 1. The third kappa shape index (κ3) is 4.14. The molecule has 118 valence electrons. The molecule has 1 aromatic rings. The highest BCUT2D eigenvalue weighted by atomic mass is 19.1. The van der Waals surface area contributed by atoms with Gasteiger partial charge in [0, 0.05) is 18.7 Å². The summed E-state index contributed by atoms with van der Waals surface area (Å²) in [5.74, 6) is 0.614. The predicted molar refractivity (Wildman–Crippen MR) is 83.0 cm³/mol. The van der Waals surface area contributed by atoms with Crippen LogP contribution in [0.1, 0.15) is 39.2 Å². The highest BCUT2D eigenvalue weighted by Crippen LogP contribution is 2.25. The van der Waals surface area contributed by atoms with E-state index in [9.17, 15) is 4.39 Å². The van der Waals surface area contributed by atoms with Crippen LogP contribution in [-0.4, -0.2) is 36.8 Å². The maximum absolute atomic E-state index is 13.5. The first-order chi connectivity index (χ1) is 10.2. The van der Waals surface area contributed by atoms with E-state index in [-0.39, 0.29) is 11.9 Å². The molecule has 1 saturated heterocycles. The van der Waals surface area contributed by atoms with Crippen LogP contribution in [0.2, 0.25) is 0 Å². The third-order valence-corrected chi connectivity index (χ3v) is 3.86. The number of morpholine rings is 1. The lowest BCUT2D eigenvalue weighted by Gasteiger charge is -2.40. The molecule has 4 nitrogen and oxygen atoms in total. The third-order valence-electron chi connectivity index (χ3n) is 3.86. The maximum Gasteiger partial charge on any atom is 0.141 e. The van der Waals surface area contributed by atoms with Crippen molar-refractivity contribution in [3.63, 3.8) is 0 Å². The van der Waals surface area contributed by atoms with Gasteiger partial charge in [0.15, 0.2) is 0 Å². The zero-order valence-electron chi connectivity index (χ0n) is 13.2. The number of halogens is 1. The van der Waals surface area contributed by atoms with Crippen LogP contribution in [0.15, 0.2) is 12.3 Å². The summed E-state index contributed by atoms with van der Waals surface area (Å²) < 4.78 is 19.3. The van der Waals surface area contributed by atoms with Crippen molar-refractivity contribution < 1.29 is 9.13 Å². The second-order valence-corrected chi connectivity index (χ2v) is 5.67. The molecule has 0 amide bonds. The van der Waals surface area contributed by atoms with Crippen molar-refractivity contribution in [1.82, 2.24) is 10.3 Å². The fraction of sp³-hybridized carbons (Fsp3) is 0.688. The molecule has 1 aromatic heterocycles. The maximum atomic E-state index is 13.5. The first-order valence-corrected chi connectivity index (χ1v) is 7.89. The second-order valence-electron chi connectivity index (χ2n) is 5.67. The minimum atomic E-state index is -0.276. The van der Waals surface area contributed by atoms with Gasteiger partial charge < -0.3 is 15.0 Å². The highest BCUT2D eigenvalue weighted by molar-refractivity contribution is 5.48. The van der Waals surface area contributed by atoms with Gasteiger partial charge in [0.05, 0.1) is 24.9 Å². The fourth-order valence-electron chi connectivity index (χ4n) is 2.70. The van der Waals surface area contributed by atoms with Crippen LogP contribution in [0.3, 0.4) is 0 Å². The second kappa shape index (κ2) is 7.71. The van der Waals surface area contributed by atoms with Crippen molar-refractivity contribution in [2.75, 3.05) is 24.6 Å². The number of ether oxygens (including phenoxy) is 1. The van der Waals surface area contributed by atoms with Gasteiger partial charge in [-0.2, -0.15) is 0 Å². The van der Waals surface area contributed by atoms with E-state index >= 15 is 0 Å². The van der Waals surface area contributed by atoms with Crippen molar-refractivity contribution in [2.24, 2.45) is 0 Å². The quantitative estimate of drug-likeness (QED) is 0.819. The van der Waals surface area contributed by atoms with Crippen LogP contribution in [0.25, 0.3) is 0 Å². The monoisotopic (exact) mass is 295 g/mol. The molecule has 1 aliphatic rings. The molecule has 0 bridgehead atoms. The number of anilines is 1. The van der Waals surface area contributed by atoms with E-state index in [2.05, 4.69) is 36.0 Å². The van der Waals surface area contributed by atoms with E-state index < -0.39 is 0 Å². The summed E-state index contributed by atoms with van der Waals surface area (Å²) in [6.45, 7) is 9.42. The number of aromatic nitrogens is 1. The molecule has 0 aromatic carbocycles. The van der Waals surface area contributed by atoms with E-state index in [1.807, 2.05) is 0 Å². The van der Waals surface area contributed by atoms with Gasteiger partial charge in [-0.1, -0.05) is 13.8 Å². The SMILES string of the molecule is CCCNCc1cc(F)cnc1N1CC(C)OCC1CC. The topological polar surface area (TPSA) is 37.4 Å². The molecule has 2 unspecified atom stereocenters. The van der Waals surface area contributed by atoms with Crippen LogP contribution < -0.4 is 10.2 Å². The molecule has 0 spiro atoms. The lowest BCUT2D eigenvalue weighted by Crippen LogP contribution is -2.49. The molecular formula is C16H26FN3O. The van der Waals surface area contributed by atoms with Crippen molar-refractivity contribution in [3.8, 4) is 0 Å². The minimum absolute atomic E-state index is 0.177. The molecule has 2 heterocycles. The van der Waals surface area contributed by atoms with Gasteiger partial charge in [0.25, 0.3) is 0 Å². The van der Waals surface area contributed by atoms with Gasteiger partial charge in [-0.25, -0.2) is 9.37 Å². The van der Waals surface area contributed by atoms with Crippen LogP contribution in [-0.2, 0) is 11.3 Å². The molecule has 2 atom stereocenters. The van der Waals surface area contributed by atoms with Gasteiger partial charge in [-0.05, 0) is 32.4 Å². The van der Waals surface area contributed by atoms with Crippen molar-refractivity contribution in [3.05, 3.63) is 23.6 Å². The number of nitrogens with one attached hydrogen (secondary N) is 1. The summed E-state index contributed by atoms with van der Waals surface area (Å²) in [7, 11) is 0. The molecule has 1 aliphatic heterocycles. The van der Waals surface area contributed by atoms with Crippen molar-refractivity contribution >= 4 is 5.82 Å². The summed E-state index contributed by atoms with van der Waals surface area (Å²) in [5.41, 5.74) is 0.927. The van der Waals surface area contributed by atoms with E-state index in [0.29, 0.717) is 19.2 Å². The number of nitrogens with zero attached hydrogens (tertiary/aromatic N) is 2. The van der Waals surface area contributed by atoms with E-state index in [1.165, 1.54) is 6.20 Å². The van der Waals surface area contributed by atoms with Gasteiger partial charge in [-0.15, -0.1) is 0 Å². The van der Waals surface area contributed by atoms with E-state index in [4.69, 9.17) is 4.74 Å². The molecule has 0 radical (unpaired) electrons. The number of rotatable bonds is 6. The standard InChI is InChI=1S/C16H26FN3O/c1-4-6-18-8-13-7-14(17)9-19-16(13)20-10-12(3)21-11-15(20)5-2/h7,9,12,15,18H,4-6,8,10-11H2,1-3H3. The fourth-order valence-corrected chi connectivity index (χ4v) is 2.70. The van der Waals surface area contributed by atoms with Crippen LogP contribution in [0.5, 0.6) is 0 Å². The van der Waals surface area contributed by atoms with Crippen LogP contribution in [0.4, 0.5) is 10.2 Å². The van der Waals surface area contributed by atoms with Gasteiger partial charge in [-0.3, -0.25) is 0 Å². The Morgan fingerprint density at radius 3 is 3.00 bits per heavy atom. The Morgan fingerprint density at radius 1 is 1.48 bits per heavy atom. The smallest absolute Gasteiger partial charge is 0.141 e. The average molecular weight is 295 g/mol. The lowest BCUT2D eigenvalue weighted by atomic mass is 10.1. The van der Waals surface area contributed by atoms with E-state index in [1.54, 1.807) is 6.07 Å². The largest absolute Gasteiger partial charge is 0.375 e. The Hall–Kier alpha value is -1.20. The first kappa shape index (κ1) is 16.2. The number of pyridine rings is 1. The highest BCUT2D eigenvalue weighted by Gasteiger charge is 2.28. The summed E-state index contributed by atoms with van der Waals surface area (Å²) >= 11 is 0. The number of hydrogen-bond acceptors (Lipinski definition) is 4. The predicted octanol–water partition coefficient (Wildman–Crippen LogP) is 2.72. The van der Waals surface area contributed by atoms with Crippen LogP contribution in [0, 0.1) is 5.82 Å². The van der Waals surface area contributed by atoms with Gasteiger partial charge in [0.2, 0.25) is 0 Å². The molecule has 1 fully saturated rings. The van der Waals surface area contributed by atoms with Gasteiger partial charge >= 0.3 is 0 Å². The lowest BCUT2D eigenvalue weighted by molar-refractivity contribution is 0.0295. The van der Waals surface area contributed by atoms with Crippen LogP contribution >= 0.6 is 0 Å². The molecule has 5 heteroatoms. The Kier molecular flexibility index (Phi) is 5.94. The molecule has 2 rings (SSSR count). The Bertz CT molecular complexity index is 455. The molecule has 1 N–H and O–H groups in total. The molecule has 21 heavy (non-hydrogen) atoms. The summed E-state index contributed by atoms with van der Waals surface area (Å²) in [6, 6.07) is 1.90. The Balaban J connectivity index is 2.23. The Labute approximate surface area is 126 Å². The summed E-state index contributed by atoms with van der Waals surface area (Å²) in [6.07, 6.45) is 3.54. The summed E-state index contributed by atoms with van der Waals surface area (Å²) in [5, 5.41) is 3.34. The van der Waals surface area contributed by atoms with Gasteiger partial charge in [0.1, 0.15) is 11.6 Å². The summed E-state index contributed by atoms with van der Waals surface area (Å²) in [4.78, 5) is 6.64. The Morgan fingerprint density at radius 2 is 2.29 bits per heavy atom. The molecular weight excluding hydrogens is 269 g/mol. The normalized spacial score (nSPS) is 22.6. The molecule has 0 aliphatic carbocycles. The average Bonchev–Trinajstić information content (AvgIpc) is 2.48. The minimum Gasteiger partial charge on any atom is -0.375 e. The molecule has 0 saturated carbocycles. The van der Waals surface area contributed by atoms with E-state index in [0.717, 1.165) is 37.3 Å². The van der Waals surface area contributed by atoms with Crippen molar-refractivity contribution in [2.45, 2.75) is 52.3 Å².